The molecule has 0 radical (unpaired) electrons. The van der Waals surface area contributed by atoms with Crippen LogP contribution in [0.5, 0.6) is 5.75 Å². The second-order valence-electron chi connectivity index (χ2n) is 6.65. The number of hydrogen-bond donors (Lipinski definition) is 2. The van der Waals surface area contributed by atoms with Gasteiger partial charge in [0.05, 0.1) is 0 Å². The van der Waals surface area contributed by atoms with Crippen LogP contribution >= 0.6 is 0 Å². The van der Waals surface area contributed by atoms with Gasteiger partial charge < -0.3 is 15.4 Å². The van der Waals surface area contributed by atoms with Crippen LogP contribution in [-0.2, 0) is 6.54 Å². The Bertz CT molecular complexity index is 728. The molecule has 1 atom stereocenters. The molecule has 1 aromatic heterocycles. The average molecular weight is 367 g/mol. The molecule has 0 spiro atoms. The van der Waals surface area contributed by atoms with Crippen molar-refractivity contribution in [1.82, 2.24) is 15.6 Å². The fourth-order valence-electron chi connectivity index (χ4n) is 2.88. The second-order valence-corrected chi connectivity index (χ2v) is 6.65. The van der Waals surface area contributed by atoms with Gasteiger partial charge in [0.2, 0.25) is 0 Å². The maximum absolute atomic E-state index is 5.71. The summed E-state index contributed by atoms with van der Waals surface area (Å²) in [5.41, 5.74) is 2.31. The number of rotatable bonds is 9. The summed E-state index contributed by atoms with van der Waals surface area (Å²) >= 11 is 0. The average Bonchev–Trinajstić information content (AvgIpc) is 2.70. The molecule has 0 aliphatic rings. The number of aromatic nitrogens is 1. The number of pyridine rings is 1. The highest BCUT2D eigenvalue weighted by atomic mass is 16.5. The van der Waals surface area contributed by atoms with Crippen LogP contribution in [0.4, 0.5) is 0 Å². The van der Waals surface area contributed by atoms with Crippen molar-refractivity contribution < 1.29 is 4.74 Å². The van der Waals surface area contributed by atoms with Gasteiger partial charge >= 0.3 is 0 Å². The summed E-state index contributed by atoms with van der Waals surface area (Å²) in [5, 5.41) is 6.80. The van der Waals surface area contributed by atoms with E-state index in [1.165, 1.54) is 5.56 Å². The highest BCUT2D eigenvalue weighted by Crippen LogP contribution is 2.22. The zero-order chi connectivity index (χ0) is 19.5. The highest BCUT2D eigenvalue weighted by Gasteiger charge is 2.16. The van der Waals surface area contributed by atoms with Crippen molar-refractivity contribution >= 4 is 5.96 Å². The molecule has 0 saturated carbocycles. The van der Waals surface area contributed by atoms with Gasteiger partial charge in [0.1, 0.15) is 12.4 Å². The maximum Gasteiger partial charge on any atom is 0.191 e. The fourth-order valence-corrected chi connectivity index (χ4v) is 2.88. The van der Waals surface area contributed by atoms with Gasteiger partial charge in [-0.15, -0.1) is 0 Å². The summed E-state index contributed by atoms with van der Waals surface area (Å²) < 4.78 is 5.71. The molecule has 0 bridgehead atoms. The molecule has 0 aliphatic carbocycles. The van der Waals surface area contributed by atoms with Crippen LogP contribution in [0.1, 0.15) is 30.9 Å². The standard InChI is InChI=1S/C22H30N4O/c1-5-13-27-21-11-7-6-9-19(21)15-25-22(23-4)26-16-20(17(2)3)18-10-8-12-24-14-18/h5-12,14,17,20H,1,13,15-16H2,2-4H3,(H2,23,25,26). The summed E-state index contributed by atoms with van der Waals surface area (Å²) in [4.78, 5) is 8.59. The van der Waals surface area contributed by atoms with E-state index in [1.807, 2.05) is 36.5 Å². The molecule has 5 nitrogen and oxygen atoms in total. The Morgan fingerprint density at radius 1 is 1.22 bits per heavy atom. The minimum atomic E-state index is 0.362. The first kappa shape index (κ1) is 20.5. The van der Waals surface area contributed by atoms with Gasteiger partial charge in [0, 0.05) is 44.0 Å². The van der Waals surface area contributed by atoms with Gasteiger partial charge in [0.25, 0.3) is 0 Å². The molecule has 2 rings (SSSR count). The first-order valence-electron chi connectivity index (χ1n) is 9.31. The Kier molecular flexibility index (Phi) is 8.36. The lowest BCUT2D eigenvalue weighted by Gasteiger charge is -2.23. The number of benzene rings is 1. The molecule has 1 heterocycles. The molecular weight excluding hydrogens is 336 g/mol. The molecule has 2 aromatic rings. The topological polar surface area (TPSA) is 58.5 Å². The molecule has 0 amide bonds. The minimum Gasteiger partial charge on any atom is -0.489 e. The molecule has 0 saturated heterocycles. The first-order chi connectivity index (χ1) is 13.2. The summed E-state index contributed by atoms with van der Waals surface area (Å²) in [7, 11) is 1.78. The van der Waals surface area contributed by atoms with E-state index in [0.717, 1.165) is 23.8 Å². The molecule has 144 valence electrons. The molecule has 1 unspecified atom stereocenters. The normalized spacial score (nSPS) is 12.5. The van der Waals surface area contributed by atoms with Gasteiger partial charge in [0.15, 0.2) is 5.96 Å². The van der Waals surface area contributed by atoms with Gasteiger partial charge in [-0.05, 0) is 23.6 Å². The summed E-state index contributed by atoms with van der Waals surface area (Å²) in [6.45, 7) is 10.1. The Labute approximate surface area is 162 Å². The third-order valence-corrected chi connectivity index (χ3v) is 4.41. The van der Waals surface area contributed by atoms with E-state index < -0.39 is 0 Å². The highest BCUT2D eigenvalue weighted by molar-refractivity contribution is 5.79. The van der Waals surface area contributed by atoms with Crippen molar-refractivity contribution in [3.8, 4) is 5.75 Å². The number of hydrogen-bond acceptors (Lipinski definition) is 3. The number of nitrogens with zero attached hydrogens (tertiary/aromatic N) is 2. The monoisotopic (exact) mass is 366 g/mol. The van der Waals surface area contributed by atoms with Crippen LogP contribution in [-0.4, -0.2) is 31.1 Å². The van der Waals surface area contributed by atoms with E-state index in [-0.39, 0.29) is 0 Å². The fraction of sp³-hybridized carbons (Fsp3) is 0.364. The minimum absolute atomic E-state index is 0.362. The Balaban J connectivity index is 1.95. The van der Waals surface area contributed by atoms with E-state index in [2.05, 4.69) is 47.1 Å². The molecule has 1 aromatic carbocycles. The van der Waals surface area contributed by atoms with Crippen molar-refractivity contribution in [1.29, 1.82) is 0 Å². The van der Waals surface area contributed by atoms with E-state index >= 15 is 0 Å². The van der Waals surface area contributed by atoms with Crippen molar-refractivity contribution in [3.05, 3.63) is 72.6 Å². The number of guanidine groups is 1. The van der Waals surface area contributed by atoms with Crippen LogP contribution in [0.3, 0.4) is 0 Å². The number of nitrogens with one attached hydrogen (secondary N) is 2. The van der Waals surface area contributed by atoms with E-state index in [1.54, 1.807) is 19.3 Å². The smallest absolute Gasteiger partial charge is 0.191 e. The Morgan fingerprint density at radius 2 is 2.04 bits per heavy atom. The largest absolute Gasteiger partial charge is 0.489 e. The zero-order valence-electron chi connectivity index (χ0n) is 16.5. The Morgan fingerprint density at radius 3 is 2.70 bits per heavy atom. The van der Waals surface area contributed by atoms with Crippen molar-refractivity contribution in [2.75, 3.05) is 20.2 Å². The van der Waals surface area contributed by atoms with Crippen LogP contribution in [0.25, 0.3) is 0 Å². The van der Waals surface area contributed by atoms with Gasteiger partial charge in [-0.25, -0.2) is 0 Å². The predicted octanol–water partition coefficient (Wildman–Crippen LogP) is 3.75. The first-order valence-corrected chi connectivity index (χ1v) is 9.31. The van der Waals surface area contributed by atoms with Gasteiger partial charge in [-0.1, -0.05) is 50.8 Å². The van der Waals surface area contributed by atoms with E-state index in [0.29, 0.717) is 25.0 Å². The third kappa shape index (κ3) is 6.44. The number of para-hydroxylation sites is 1. The molecular formula is C22H30N4O. The van der Waals surface area contributed by atoms with Crippen LogP contribution in [0.2, 0.25) is 0 Å². The SMILES string of the molecule is C=CCOc1ccccc1CNC(=NC)NCC(c1cccnc1)C(C)C. The van der Waals surface area contributed by atoms with Crippen molar-refractivity contribution in [2.45, 2.75) is 26.3 Å². The van der Waals surface area contributed by atoms with Crippen LogP contribution < -0.4 is 15.4 Å². The number of aliphatic imine (C=N–C) groups is 1. The summed E-state index contributed by atoms with van der Waals surface area (Å²) in [5.74, 6) is 2.48. The summed E-state index contributed by atoms with van der Waals surface area (Å²) in [6.07, 6.45) is 5.49. The van der Waals surface area contributed by atoms with E-state index in [9.17, 15) is 0 Å². The lowest BCUT2D eigenvalue weighted by molar-refractivity contribution is 0.358. The lowest BCUT2D eigenvalue weighted by Crippen LogP contribution is -2.39. The molecule has 0 fully saturated rings. The maximum atomic E-state index is 5.71. The lowest BCUT2D eigenvalue weighted by atomic mass is 9.89. The van der Waals surface area contributed by atoms with Crippen LogP contribution in [0, 0.1) is 5.92 Å². The predicted molar refractivity (Wildman–Crippen MR) is 112 cm³/mol. The molecule has 5 heteroatoms. The number of ether oxygens (including phenoxy) is 1. The third-order valence-electron chi connectivity index (χ3n) is 4.41. The molecule has 0 aliphatic heterocycles. The molecule has 27 heavy (non-hydrogen) atoms. The van der Waals surface area contributed by atoms with Gasteiger partial charge in [-0.3, -0.25) is 9.98 Å². The zero-order valence-corrected chi connectivity index (χ0v) is 16.5. The van der Waals surface area contributed by atoms with Gasteiger partial charge in [-0.2, -0.15) is 0 Å². The van der Waals surface area contributed by atoms with E-state index in [4.69, 9.17) is 4.74 Å². The summed E-state index contributed by atoms with van der Waals surface area (Å²) in [6, 6.07) is 12.1. The quantitative estimate of drug-likeness (QED) is 0.403. The van der Waals surface area contributed by atoms with Crippen LogP contribution in [0.15, 0.2) is 66.4 Å². The molecule has 2 N–H and O–H groups in total. The Hall–Kier alpha value is -2.82. The second kappa shape index (κ2) is 11.0. The van der Waals surface area contributed by atoms with Crippen molar-refractivity contribution in [2.24, 2.45) is 10.9 Å². The van der Waals surface area contributed by atoms with Crippen molar-refractivity contribution in [3.63, 3.8) is 0 Å².